The van der Waals surface area contributed by atoms with Gasteiger partial charge in [0.25, 0.3) is 0 Å². The molecule has 2 atom stereocenters. The van der Waals surface area contributed by atoms with Gasteiger partial charge in [-0.15, -0.1) is 0 Å². The molecular formula is C15H21F2N. The van der Waals surface area contributed by atoms with E-state index in [1.807, 2.05) is 7.05 Å². The number of rotatable bonds is 4. The molecule has 1 aliphatic carbocycles. The van der Waals surface area contributed by atoms with E-state index in [0.29, 0.717) is 17.4 Å². The Morgan fingerprint density at radius 3 is 2.56 bits per heavy atom. The molecule has 1 fully saturated rings. The van der Waals surface area contributed by atoms with Gasteiger partial charge < -0.3 is 5.32 Å². The maximum atomic E-state index is 13.7. The molecule has 0 aliphatic heterocycles. The first-order valence-electron chi connectivity index (χ1n) is 6.79. The summed E-state index contributed by atoms with van der Waals surface area (Å²) in [5, 5.41) is 3.22. The second-order valence-electron chi connectivity index (χ2n) is 5.30. The minimum Gasteiger partial charge on any atom is -0.319 e. The predicted octanol–water partition coefficient (Wildman–Crippen LogP) is 3.53. The van der Waals surface area contributed by atoms with E-state index in [4.69, 9.17) is 0 Å². The Bertz CT molecular complexity index is 390. The Hall–Kier alpha value is -0.960. The van der Waals surface area contributed by atoms with Gasteiger partial charge in [0.15, 0.2) is 0 Å². The summed E-state index contributed by atoms with van der Waals surface area (Å²) in [6.45, 7) is 0.994. The zero-order chi connectivity index (χ0) is 13.0. The number of hydrogen-bond donors (Lipinski definition) is 1. The standard InChI is InChI=1S/C15H21F2N/c1-18-10-13-5-3-2-4-11(13)8-12-6-7-14(16)9-15(12)17/h6-7,9,11,13,18H,2-5,8,10H2,1H3. The lowest BCUT2D eigenvalue weighted by molar-refractivity contribution is 0.230. The molecule has 1 N–H and O–H groups in total. The van der Waals surface area contributed by atoms with Crippen LogP contribution in [0.1, 0.15) is 31.2 Å². The first-order chi connectivity index (χ1) is 8.70. The van der Waals surface area contributed by atoms with Crippen LogP contribution >= 0.6 is 0 Å². The average Bonchev–Trinajstić information content (AvgIpc) is 2.35. The van der Waals surface area contributed by atoms with E-state index in [-0.39, 0.29) is 0 Å². The lowest BCUT2D eigenvalue weighted by atomic mass is 9.76. The van der Waals surface area contributed by atoms with Gasteiger partial charge >= 0.3 is 0 Å². The van der Waals surface area contributed by atoms with E-state index in [1.54, 1.807) is 6.07 Å². The molecule has 0 amide bonds. The summed E-state index contributed by atoms with van der Waals surface area (Å²) in [4.78, 5) is 0. The van der Waals surface area contributed by atoms with E-state index in [0.717, 1.165) is 25.5 Å². The van der Waals surface area contributed by atoms with Gasteiger partial charge in [0.1, 0.15) is 11.6 Å². The lowest BCUT2D eigenvalue weighted by Gasteiger charge is -2.31. The molecule has 1 aromatic rings. The minimum absolute atomic E-state index is 0.399. The topological polar surface area (TPSA) is 12.0 Å². The van der Waals surface area contributed by atoms with Crippen LogP contribution in [0.15, 0.2) is 18.2 Å². The monoisotopic (exact) mass is 253 g/mol. The summed E-state index contributed by atoms with van der Waals surface area (Å²) in [5.41, 5.74) is 0.657. The van der Waals surface area contributed by atoms with Gasteiger partial charge in [-0.3, -0.25) is 0 Å². The molecule has 1 saturated carbocycles. The van der Waals surface area contributed by atoms with Gasteiger partial charge in [0, 0.05) is 6.07 Å². The minimum atomic E-state index is -0.494. The van der Waals surface area contributed by atoms with Gasteiger partial charge in [-0.25, -0.2) is 8.78 Å². The molecule has 0 bridgehead atoms. The number of benzene rings is 1. The summed E-state index contributed by atoms with van der Waals surface area (Å²) in [7, 11) is 1.96. The number of halogens is 2. The van der Waals surface area contributed by atoms with Gasteiger partial charge in [0.05, 0.1) is 0 Å². The maximum Gasteiger partial charge on any atom is 0.129 e. The van der Waals surface area contributed by atoms with Crippen LogP contribution in [-0.2, 0) is 6.42 Å². The fraction of sp³-hybridized carbons (Fsp3) is 0.600. The van der Waals surface area contributed by atoms with Crippen molar-refractivity contribution in [1.82, 2.24) is 5.32 Å². The summed E-state index contributed by atoms with van der Waals surface area (Å²) in [5.74, 6) is 0.245. The molecule has 1 nitrogen and oxygen atoms in total. The molecule has 2 rings (SSSR count). The van der Waals surface area contributed by atoms with Crippen molar-refractivity contribution in [3.05, 3.63) is 35.4 Å². The first kappa shape index (κ1) is 13.5. The summed E-state index contributed by atoms with van der Waals surface area (Å²) in [6, 6.07) is 3.94. The van der Waals surface area contributed by atoms with Crippen molar-refractivity contribution < 1.29 is 8.78 Å². The van der Waals surface area contributed by atoms with Crippen LogP contribution in [0.5, 0.6) is 0 Å². The van der Waals surface area contributed by atoms with Gasteiger partial charge in [-0.2, -0.15) is 0 Å². The largest absolute Gasteiger partial charge is 0.319 e. The molecule has 0 aromatic heterocycles. The third-order valence-electron chi connectivity index (χ3n) is 4.03. The predicted molar refractivity (Wildman–Crippen MR) is 69.4 cm³/mol. The lowest BCUT2D eigenvalue weighted by Crippen LogP contribution is -2.30. The molecule has 3 heteroatoms. The highest BCUT2D eigenvalue weighted by atomic mass is 19.1. The highest BCUT2D eigenvalue weighted by Crippen LogP contribution is 2.32. The third-order valence-corrected chi connectivity index (χ3v) is 4.03. The second-order valence-corrected chi connectivity index (χ2v) is 5.30. The van der Waals surface area contributed by atoms with Crippen molar-refractivity contribution >= 4 is 0 Å². The van der Waals surface area contributed by atoms with Crippen LogP contribution < -0.4 is 5.32 Å². The van der Waals surface area contributed by atoms with Crippen LogP contribution in [0.4, 0.5) is 8.78 Å². The molecule has 2 unspecified atom stereocenters. The molecule has 0 radical (unpaired) electrons. The molecule has 0 saturated heterocycles. The summed E-state index contributed by atoms with van der Waals surface area (Å²) < 4.78 is 26.5. The summed E-state index contributed by atoms with van der Waals surface area (Å²) >= 11 is 0. The summed E-state index contributed by atoms with van der Waals surface area (Å²) in [6.07, 6.45) is 5.61. The molecule has 0 spiro atoms. The Kier molecular flexibility index (Phi) is 4.70. The SMILES string of the molecule is CNCC1CCCCC1Cc1ccc(F)cc1F. The Balaban J connectivity index is 2.06. The van der Waals surface area contributed by atoms with E-state index in [2.05, 4.69) is 5.32 Å². The molecule has 18 heavy (non-hydrogen) atoms. The zero-order valence-corrected chi connectivity index (χ0v) is 10.9. The number of nitrogens with one attached hydrogen (secondary N) is 1. The van der Waals surface area contributed by atoms with Crippen molar-refractivity contribution in [2.75, 3.05) is 13.6 Å². The molecule has 100 valence electrons. The van der Waals surface area contributed by atoms with E-state index < -0.39 is 11.6 Å². The van der Waals surface area contributed by atoms with Gasteiger partial charge in [-0.1, -0.05) is 18.9 Å². The maximum absolute atomic E-state index is 13.7. The highest BCUT2D eigenvalue weighted by Gasteiger charge is 2.25. The second kappa shape index (κ2) is 6.28. The highest BCUT2D eigenvalue weighted by molar-refractivity contribution is 5.19. The van der Waals surface area contributed by atoms with Crippen molar-refractivity contribution in [2.24, 2.45) is 11.8 Å². The van der Waals surface area contributed by atoms with Crippen LogP contribution in [0, 0.1) is 23.5 Å². The van der Waals surface area contributed by atoms with Gasteiger partial charge in [0.2, 0.25) is 0 Å². The molecule has 1 aromatic carbocycles. The fourth-order valence-corrected chi connectivity index (χ4v) is 3.05. The quantitative estimate of drug-likeness (QED) is 0.865. The normalized spacial score (nSPS) is 24.2. The first-order valence-corrected chi connectivity index (χ1v) is 6.79. The van der Waals surface area contributed by atoms with E-state index >= 15 is 0 Å². The third kappa shape index (κ3) is 3.29. The zero-order valence-electron chi connectivity index (χ0n) is 10.9. The van der Waals surface area contributed by atoms with Crippen molar-refractivity contribution in [1.29, 1.82) is 0 Å². The van der Waals surface area contributed by atoms with Crippen LogP contribution in [0.2, 0.25) is 0 Å². The molecular weight excluding hydrogens is 232 g/mol. The molecule has 0 heterocycles. The van der Waals surface area contributed by atoms with Crippen molar-refractivity contribution in [3.8, 4) is 0 Å². The smallest absolute Gasteiger partial charge is 0.129 e. The van der Waals surface area contributed by atoms with E-state index in [1.165, 1.54) is 25.3 Å². The van der Waals surface area contributed by atoms with Crippen LogP contribution in [0.25, 0.3) is 0 Å². The average molecular weight is 253 g/mol. The Labute approximate surface area is 108 Å². The Morgan fingerprint density at radius 2 is 1.89 bits per heavy atom. The van der Waals surface area contributed by atoms with Gasteiger partial charge in [-0.05, 0) is 56.3 Å². The van der Waals surface area contributed by atoms with Crippen LogP contribution in [0.3, 0.4) is 0 Å². The number of hydrogen-bond acceptors (Lipinski definition) is 1. The van der Waals surface area contributed by atoms with E-state index in [9.17, 15) is 8.78 Å². The van der Waals surface area contributed by atoms with Crippen LogP contribution in [-0.4, -0.2) is 13.6 Å². The van der Waals surface area contributed by atoms with Crippen molar-refractivity contribution in [3.63, 3.8) is 0 Å². The molecule has 1 aliphatic rings. The van der Waals surface area contributed by atoms with Crippen molar-refractivity contribution in [2.45, 2.75) is 32.1 Å². The Morgan fingerprint density at radius 1 is 1.17 bits per heavy atom. The fourth-order valence-electron chi connectivity index (χ4n) is 3.05.